The highest BCUT2D eigenvalue weighted by molar-refractivity contribution is 5.90. The standard InChI is InChI=1S/C12H14FNO2/c1-7-10(13)4-9(5-11(7)14)12(15)16-6-8-2-3-8/h4-5,8H,2-3,6,14H2,1H3. The van der Waals surface area contributed by atoms with Crippen LogP contribution in [0, 0.1) is 18.7 Å². The molecule has 4 heteroatoms. The molecule has 2 rings (SSSR count). The quantitative estimate of drug-likeness (QED) is 0.631. The summed E-state index contributed by atoms with van der Waals surface area (Å²) in [5.41, 5.74) is 6.40. The summed E-state index contributed by atoms with van der Waals surface area (Å²) in [7, 11) is 0. The average molecular weight is 223 g/mol. The van der Waals surface area contributed by atoms with E-state index in [-0.39, 0.29) is 11.3 Å². The fraction of sp³-hybridized carbons (Fsp3) is 0.417. The van der Waals surface area contributed by atoms with Crippen LogP contribution in [0.3, 0.4) is 0 Å². The molecule has 86 valence electrons. The molecule has 0 bridgehead atoms. The molecule has 2 N–H and O–H groups in total. The van der Waals surface area contributed by atoms with E-state index in [0.717, 1.165) is 12.8 Å². The zero-order valence-electron chi connectivity index (χ0n) is 9.13. The Balaban J connectivity index is 2.09. The lowest BCUT2D eigenvalue weighted by Gasteiger charge is -2.07. The summed E-state index contributed by atoms with van der Waals surface area (Å²) < 4.78 is 18.4. The Kier molecular flexibility index (Phi) is 2.81. The predicted octanol–water partition coefficient (Wildman–Crippen LogP) is 2.28. The van der Waals surface area contributed by atoms with Crippen molar-refractivity contribution >= 4 is 11.7 Å². The molecule has 0 atom stereocenters. The van der Waals surface area contributed by atoms with Crippen LogP contribution in [0.4, 0.5) is 10.1 Å². The molecular formula is C12H14FNO2. The molecule has 0 amide bonds. The zero-order chi connectivity index (χ0) is 11.7. The second-order valence-electron chi connectivity index (χ2n) is 4.21. The third-order valence-electron chi connectivity index (χ3n) is 2.77. The Bertz CT molecular complexity index is 404. The van der Waals surface area contributed by atoms with E-state index < -0.39 is 11.8 Å². The molecule has 1 aliphatic carbocycles. The summed E-state index contributed by atoms with van der Waals surface area (Å²) in [5, 5.41) is 0. The zero-order valence-corrected chi connectivity index (χ0v) is 9.13. The first-order chi connectivity index (χ1) is 7.58. The number of carbonyl (C=O) groups excluding carboxylic acids is 1. The molecule has 1 aliphatic rings. The van der Waals surface area contributed by atoms with Crippen molar-refractivity contribution in [3.8, 4) is 0 Å². The summed E-state index contributed by atoms with van der Waals surface area (Å²) in [6, 6.07) is 2.62. The van der Waals surface area contributed by atoms with Crippen LogP contribution in [0.25, 0.3) is 0 Å². The minimum atomic E-state index is -0.502. The van der Waals surface area contributed by atoms with E-state index in [4.69, 9.17) is 10.5 Å². The van der Waals surface area contributed by atoms with Crippen molar-refractivity contribution in [2.75, 3.05) is 12.3 Å². The van der Waals surface area contributed by atoms with E-state index in [1.807, 2.05) is 0 Å². The first kappa shape index (κ1) is 10.9. The highest BCUT2D eigenvalue weighted by Gasteiger charge is 2.23. The van der Waals surface area contributed by atoms with E-state index in [2.05, 4.69) is 0 Å². The van der Waals surface area contributed by atoms with Gasteiger partial charge in [0.1, 0.15) is 5.82 Å². The van der Waals surface area contributed by atoms with Crippen LogP contribution < -0.4 is 5.73 Å². The van der Waals surface area contributed by atoms with E-state index in [9.17, 15) is 9.18 Å². The normalized spacial score (nSPS) is 14.9. The molecule has 1 fully saturated rings. The molecule has 16 heavy (non-hydrogen) atoms. The number of esters is 1. The van der Waals surface area contributed by atoms with E-state index in [1.54, 1.807) is 6.92 Å². The maximum Gasteiger partial charge on any atom is 0.338 e. The number of ether oxygens (including phenoxy) is 1. The van der Waals surface area contributed by atoms with Crippen LogP contribution in [0.1, 0.15) is 28.8 Å². The number of hydrogen-bond donors (Lipinski definition) is 1. The van der Waals surface area contributed by atoms with Crippen LogP contribution >= 0.6 is 0 Å². The third kappa shape index (κ3) is 2.32. The van der Waals surface area contributed by atoms with Crippen molar-refractivity contribution in [3.05, 3.63) is 29.1 Å². The Labute approximate surface area is 93.4 Å². The van der Waals surface area contributed by atoms with Gasteiger partial charge < -0.3 is 10.5 Å². The predicted molar refractivity (Wildman–Crippen MR) is 58.6 cm³/mol. The Hall–Kier alpha value is -1.58. The largest absolute Gasteiger partial charge is 0.462 e. The number of anilines is 1. The second kappa shape index (κ2) is 4.12. The number of rotatable bonds is 3. The molecule has 1 aromatic rings. The van der Waals surface area contributed by atoms with Gasteiger partial charge in [-0.1, -0.05) is 0 Å². The van der Waals surface area contributed by atoms with Gasteiger partial charge in [-0.3, -0.25) is 0 Å². The maximum absolute atomic E-state index is 13.3. The third-order valence-corrected chi connectivity index (χ3v) is 2.77. The number of halogens is 1. The van der Waals surface area contributed by atoms with Gasteiger partial charge in [0.25, 0.3) is 0 Å². The fourth-order valence-electron chi connectivity index (χ4n) is 1.38. The fourth-order valence-corrected chi connectivity index (χ4v) is 1.38. The molecule has 0 aromatic heterocycles. The van der Waals surface area contributed by atoms with E-state index in [1.165, 1.54) is 12.1 Å². The van der Waals surface area contributed by atoms with Crippen LogP contribution in [0.15, 0.2) is 12.1 Å². The molecule has 0 aliphatic heterocycles. The van der Waals surface area contributed by atoms with Gasteiger partial charge in [0.05, 0.1) is 12.2 Å². The summed E-state index contributed by atoms with van der Waals surface area (Å²) >= 11 is 0. The van der Waals surface area contributed by atoms with Crippen molar-refractivity contribution < 1.29 is 13.9 Å². The molecule has 0 heterocycles. The highest BCUT2D eigenvalue weighted by atomic mass is 19.1. The highest BCUT2D eigenvalue weighted by Crippen LogP contribution is 2.29. The number of benzene rings is 1. The van der Waals surface area contributed by atoms with Crippen molar-refractivity contribution in [3.63, 3.8) is 0 Å². The van der Waals surface area contributed by atoms with Crippen LogP contribution in [-0.2, 0) is 4.74 Å². The minimum absolute atomic E-state index is 0.182. The molecule has 1 saturated carbocycles. The second-order valence-corrected chi connectivity index (χ2v) is 4.21. The van der Waals surface area contributed by atoms with Gasteiger partial charge in [-0.25, -0.2) is 9.18 Å². The Morgan fingerprint density at radius 1 is 1.56 bits per heavy atom. The lowest BCUT2D eigenvalue weighted by atomic mass is 10.1. The number of carbonyl (C=O) groups is 1. The van der Waals surface area contributed by atoms with Gasteiger partial charge >= 0.3 is 5.97 Å². The van der Waals surface area contributed by atoms with E-state index in [0.29, 0.717) is 18.1 Å². The minimum Gasteiger partial charge on any atom is -0.462 e. The van der Waals surface area contributed by atoms with Crippen molar-refractivity contribution in [1.29, 1.82) is 0 Å². The van der Waals surface area contributed by atoms with Gasteiger partial charge in [0, 0.05) is 11.3 Å². The molecule has 0 saturated heterocycles. The molecule has 1 aromatic carbocycles. The average Bonchev–Trinajstić information content (AvgIpc) is 3.05. The van der Waals surface area contributed by atoms with E-state index >= 15 is 0 Å². The summed E-state index contributed by atoms with van der Waals surface area (Å²) in [6.45, 7) is 2.00. The molecule has 3 nitrogen and oxygen atoms in total. The van der Waals surface area contributed by atoms with Gasteiger partial charge in [-0.15, -0.1) is 0 Å². The summed E-state index contributed by atoms with van der Waals surface area (Å²) in [6.07, 6.45) is 2.22. The van der Waals surface area contributed by atoms with Crippen LogP contribution in [0.5, 0.6) is 0 Å². The first-order valence-corrected chi connectivity index (χ1v) is 5.30. The Morgan fingerprint density at radius 3 is 2.81 bits per heavy atom. The molecule has 0 radical (unpaired) electrons. The lowest BCUT2D eigenvalue weighted by Crippen LogP contribution is -2.09. The number of nitrogens with two attached hydrogens (primary N) is 1. The topological polar surface area (TPSA) is 52.3 Å². The smallest absolute Gasteiger partial charge is 0.338 e. The monoisotopic (exact) mass is 223 g/mol. The van der Waals surface area contributed by atoms with Gasteiger partial charge in [-0.2, -0.15) is 0 Å². The molecule has 0 unspecified atom stereocenters. The van der Waals surface area contributed by atoms with Gasteiger partial charge in [0.2, 0.25) is 0 Å². The summed E-state index contributed by atoms with van der Waals surface area (Å²) in [4.78, 5) is 11.5. The van der Waals surface area contributed by atoms with Crippen LogP contribution in [0.2, 0.25) is 0 Å². The lowest BCUT2D eigenvalue weighted by molar-refractivity contribution is 0.0485. The van der Waals surface area contributed by atoms with Crippen molar-refractivity contribution in [2.45, 2.75) is 19.8 Å². The van der Waals surface area contributed by atoms with Gasteiger partial charge in [0.15, 0.2) is 0 Å². The Morgan fingerprint density at radius 2 is 2.25 bits per heavy atom. The van der Waals surface area contributed by atoms with Gasteiger partial charge in [-0.05, 0) is 37.8 Å². The number of hydrogen-bond acceptors (Lipinski definition) is 3. The van der Waals surface area contributed by atoms with Crippen molar-refractivity contribution in [1.82, 2.24) is 0 Å². The molecular weight excluding hydrogens is 209 g/mol. The summed E-state index contributed by atoms with van der Waals surface area (Å²) in [5.74, 6) is -0.479. The maximum atomic E-state index is 13.3. The van der Waals surface area contributed by atoms with Crippen molar-refractivity contribution in [2.24, 2.45) is 5.92 Å². The molecule has 0 spiro atoms. The number of nitrogen functional groups attached to an aromatic ring is 1. The first-order valence-electron chi connectivity index (χ1n) is 5.30. The van der Waals surface area contributed by atoms with Crippen LogP contribution in [-0.4, -0.2) is 12.6 Å². The SMILES string of the molecule is Cc1c(N)cc(C(=O)OCC2CC2)cc1F.